The van der Waals surface area contributed by atoms with E-state index in [9.17, 15) is 9.59 Å². The van der Waals surface area contributed by atoms with E-state index in [1.54, 1.807) is 63.2 Å². The Morgan fingerprint density at radius 3 is 2.11 bits per heavy atom. The molecule has 9 heteroatoms. The second-order valence-electron chi connectivity index (χ2n) is 6.50. The number of rotatable bonds is 2. The van der Waals surface area contributed by atoms with Crippen molar-refractivity contribution in [3.8, 4) is 0 Å². The molecule has 1 atom stereocenters. The zero-order chi connectivity index (χ0) is 18.8. The number of nitrogens with zero attached hydrogens (tertiary/aromatic N) is 1. The Labute approximate surface area is 186 Å². The molecule has 27 heavy (non-hydrogen) atoms. The second kappa shape index (κ2) is 10.5. The predicted molar refractivity (Wildman–Crippen MR) is 107 cm³/mol. The molecule has 0 saturated heterocycles. The monoisotopic (exact) mass is 470 g/mol. The average Bonchev–Trinajstić information content (AvgIpc) is 2.53. The summed E-state index contributed by atoms with van der Waals surface area (Å²) in [4.78, 5) is 25.8. The summed E-state index contributed by atoms with van der Waals surface area (Å²) in [5.74, 6) is -0.932. The minimum Gasteiger partial charge on any atom is -1.00 e. The van der Waals surface area contributed by atoms with Gasteiger partial charge in [-0.1, -0.05) is 45.9 Å². The van der Waals surface area contributed by atoms with Gasteiger partial charge >= 0.3 is 11.8 Å². The summed E-state index contributed by atoms with van der Waals surface area (Å²) < 4.78 is 0.858. The molecule has 0 aromatic heterocycles. The van der Waals surface area contributed by atoms with E-state index in [1.807, 2.05) is 0 Å². The van der Waals surface area contributed by atoms with Gasteiger partial charge in [-0.15, -0.1) is 17.4 Å². The molecule has 0 aliphatic rings. The van der Waals surface area contributed by atoms with E-state index in [-0.39, 0.29) is 35.4 Å². The van der Waals surface area contributed by atoms with Gasteiger partial charge in [0.2, 0.25) is 0 Å². The topological polar surface area (TPSA) is 41.8 Å². The van der Waals surface area contributed by atoms with E-state index >= 15 is 0 Å². The summed E-state index contributed by atoms with van der Waals surface area (Å²) in [6, 6.07) is 13.0. The predicted octanol–water partition coefficient (Wildman–Crippen LogP) is 1.45. The fraction of sp³-hybridized carbons (Fsp3) is 0.222. The standard InChI is InChI=1S/C18H17Cl3N2O2.2ClH/c1-18(2,3)22(17(25)14-9-4-5-10-15(14)20)23(21)16(24)12-7-6-8-13(19)11-12;;/h4-11H,1-3H3;2*1H. The van der Waals surface area contributed by atoms with E-state index in [0.29, 0.717) is 15.6 Å². The van der Waals surface area contributed by atoms with Crippen molar-refractivity contribution in [2.24, 2.45) is 0 Å². The summed E-state index contributed by atoms with van der Waals surface area (Å²) in [6.07, 6.45) is 0. The second-order valence-corrected chi connectivity index (χ2v) is 7.69. The fourth-order valence-corrected chi connectivity index (χ4v) is 3.17. The SMILES string of the molecule is CC(C)(C)[NH+](C(=O)c1ccccc1Cl)N(Cl)C(=O)c1cccc(Cl)c1.Cl.[Cl-]. The third kappa shape index (κ3) is 6.24. The Bertz CT molecular complexity index is 808. The average molecular weight is 473 g/mol. The van der Waals surface area contributed by atoms with Gasteiger partial charge in [-0.2, -0.15) is 0 Å². The van der Waals surface area contributed by atoms with Crippen LogP contribution in [0.15, 0.2) is 48.5 Å². The van der Waals surface area contributed by atoms with E-state index < -0.39 is 17.4 Å². The van der Waals surface area contributed by atoms with Crippen molar-refractivity contribution in [2.75, 3.05) is 0 Å². The molecule has 0 saturated carbocycles. The van der Waals surface area contributed by atoms with Crippen LogP contribution in [0.4, 0.5) is 0 Å². The van der Waals surface area contributed by atoms with Crippen molar-refractivity contribution in [2.45, 2.75) is 26.3 Å². The molecular formula is C18H19Cl5N2O2. The number of benzene rings is 2. The van der Waals surface area contributed by atoms with Gasteiger partial charge in [0.15, 0.2) is 0 Å². The first-order valence-corrected chi connectivity index (χ1v) is 8.65. The Morgan fingerprint density at radius 1 is 1.00 bits per heavy atom. The van der Waals surface area contributed by atoms with Crippen LogP contribution in [-0.2, 0) is 0 Å². The lowest BCUT2D eigenvalue weighted by Gasteiger charge is -2.33. The summed E-state index contributed by atoms with van der Waals surface area (Å²) in [6.45, 7) is 5.41. The van der Waals surface area contributed by atoms with Crippen LogP contribution in [0.1, 0.15) is 41.5 Å². The molecule has 0 fully saturated rings. The Balaban J connectivity index is 0.00000338. The Kier molecular flexibility index (Phi) is 10.1. The zero-order valence-electron chi connectivity index (χ0n) is 14.8. The highest BCUT2D eigenvalue weighted by Crippen LogP contribution is 2.16. The van der Waals surface area contributed by atoms with Crippen molar-refractivity contribution < 1.29 is 27.0 Å². The largest absolute Gasteiger partial charge is 1.00 e. The van der Waals surface area contributed by atoms with Gasteiger partial charge in [-0.25, -0.2) is 4.79 Å². The number of amides is 2. The van der Waals surface area contributed by atoms with Crippen LogP contribution in [0.25, 0.3) is 0 Å². The van der Waals surface area contributed by atoms with Crippen LogP contribution in [0.3, 0.4) is 0 Å². The molecule has 0 aliphatic carbocycles. The molecule has 0 radical (unpaired) electrons. The first kappa shape index (κ1) is 26.0. The van der Waals surface area contributed by atoms with Gasteiger partial charge in [0, 0.05) is 10.6 Å². The minimum absolute atomic E-state index is 0. The molecular weight excluding hydrogens is 453 g/mol. The van der Waals surface area contributed by atoms with Gasteiger partial charge in [-0.3, -0.25) is 4.79 Å². The highest BCUT2D eigenvalue weighted by Gasteiger charge is 2.42. The normalized spacial score (nSPS) is 11.6. The highest BCUT2D eigenvalue weighted by atomic mass is 35.5. The maximum absolute atomic E-state index is 13.0. The number of hydrogen-bond acceptors (Lipinski definition) is 2. The third-order valence-corrected chi connectivity index (χ3v) is 4.38. The number of hydrogen-bond donors (Lipinski definition) is 1. The maximum Gasteiger partial charge on any atom is 0.371 e. The molecule has 4 nitrogen and oxygen atoms in total. The van der Waals surface area contributed by atoms with Crippen molar-refractivity contribution in [1.82, 2.24) is 4.53 Å². The molecule has 0 heterocycles. The molecule has 148 valence electrons. The van der Waals surface area contributed by atoms with Crippen LogP contribution < -0.4 is 17.4 Å². The van der Waals surface area contributed by atoms with Crippen LogP contribution >= 0.6 is 47.4 Å². The van der Waals surface area contributed by atoms with Crippen molar-refractivity contribution >= 4 is 59.2 Å². The summed E-state index contributed by atoms with van der Waals surface area (Å²) in [5, 5.41) is 0.840. The summed E-state index contributed by atoms with van der Waals surface area (Å²) in [5.41, 5.74) is -0.110. The smallest absolute Gasteiger partial charge is 0.371 e. The fourth-order valence-electron chi connectivity index (χ4n) is 2.33. The van der Waals surface area contributed by atoms with Crippen molar-refractivity contribution in [3.63, 3.8) is 0 Å². The lowest BCUT2D eigenvalue weighted by Crippen LogP contribution is -3.25. The molecule has 1 unspecified atom stereocenters. The third-order valence-electron chi connectivity index (χ3n) is 3.49. The van der Waals surface area contributed by atoms with Gasteiger partial charge in [-0.05, 0) is 51.1 Å². The molecule has 2 aromatic rings. The first-order valence-electron chi connectivity index (χ1n) is 7.55. The molecule has 0 bridgehead atoms. The van der Waals surface area contributed by atoms with Crippen LogP contribution in [0.2, 0.25) is 10.0 Å². The lowest BCUT2D eigenvalue weighted by molar-refractivity contribution is -0.951. The highest BCUT2D eigenvalue weighted by molar-refractivity contribution is 6.33. The van der Waals surface area contributed by atoms with Crippen molar-refractivity contribution in [3.05, 3.63) is 69.7 Å². The quantitative estimate of drug-likeness (QED) is 0.531. The summed E-state index contributed by atoms with van der Waals surface area (Å²) >= 11 is 18.4. The number of quaternary nitrogens is 1. The van der Waals surface area contributed by atoms with Gasteiger partial charge < -0.3 is 12.4 Å². The molecule has 2 amide bonds. The van der Waals surface area contributed by atoms with Gasteiger partial charge in [0.05, 0.1) is 16.8 Å². The molecule has 2 rings (SSSR count). The Hall–Kier alpha value is -1.01. The number of halogens is 5. The van der Waals surface area contributed by atoms with Crippen LogP contribution in [0, 0.1) is 0 Å². The van der Waals surface area contributed by atoms with E-state index in [1.165, 1.54) is 6.07 Å². The van der Waals surface area contributed by atoms with Gasteiger partial charge in [0.1, 0.15) is 11.1 Å². The lowest BCUT2D eigenvalue weighted by atomic mass is 10.1. The molecule has 0 aliphatic heterocycles. The van der Waals surface area contributed by atoms with Crippen molar-refractivity contribution in [1.29, 1.82) is 0 Å². The number of carbonyl (C=O) groups is 2. The van der Waals surface area contributed by atoms with Crippen LogP contribution in [0.5, 0.6) is 0 Å². The van der Waals surface area contributed by atoms with Gasteiger partial charge in [0.25, 0.3) is 0 Å². The molecule has 2 aromatic carbocycles. The first-order chi connectivity index (χ1) is 11.6. The van der Waals surface area contributed by atoms with Crippen LogP contribution in [-0.4, -0.2) is 21.9 Å². The van der Waals surface area contributed by atoms with E-state index in [4.69, 9.17) is 35.0 Å². The Morgan fingerprint density at radius 2 is 1.59 bits per heavy atom. The zero-order valence-corrected chi connectivity index (χ0v) is 18.6. The minimum atomic E-state index is -0.688. The summed E-state index contributed by atoms with van der Waals surface area (Å²) in [7, 11) is 0. The molecule has 0 spiro atoms. The van der Waals surface area contributed by atoms with E-state index in [0.717, 1.165) is 4.53 Å². The molecule has 1 N–H and O–H groups in total. The number of carbonyl (C=O) groups excluding carboxylic acids is 2. The maximum atomic E-state index is 13.0. The van der Waals surface area contributed by atoms with E-state index in [2.05, 4.69) is 0 Å². The number of nitrogens with one attached hydrogen (secondary N) is 1.